The molecule has 0 saturated carbocycles. The lowest BCUT2D eigenvalue weighted by atomic mass is 9.93. The highest BCUT2D eigenvalue weighted by molar-refractivity contribution is 5.94. The molecular weight excluding hydrogens is 358 g/mol. The molecule has 1 amide bonds. The van der Waals surface area contributed by atoms with Gasteiger partial charge in [-0.1, -0.05) is 30.3 Å². The number of aromatic nitrogens is 1. The first-order valence-corrected chi connectivity index (χ1v) is 10.9. The fourth-order valence-electron chi connectivity index (χ4n) is 4.89. The lowest BCUT2D eigenvalue weighted by Gasteiger charge is -2.32. The molecular formula is C25H29N3O. The van der Waals surface area contributed by atoms with Crippen molar-refractivity contribution in [1.82, 2.24) is 14.8 Å². The van der Waals surface area contributed by atoms with E-state index in [4.69, 9.17) is 0 Å². The second-order valence-electron chi connectivity index (χ2n) is 8.56. The molecule has 0 radical (unpaired) electrons. The van der Waals surface area contributed by atoms with E-state index < -0.39 is 0 Å². The number of hydrogen-bond donors (Lipinski definition) is 1. The minimum absolute atomic E-state index is 0.184. The number of carbonyl (C=O) groups excluding carboxylic acids is 1. The molecule has 1 aromatic heterocycles. The molecule has 2 fully saturated rings. The van der Waals surface area contributed by atoms with Gasteiger partial charge in [-0.2, -0.15) is 0 Å². The maximum absolute atomic E-state index is 13.1. The van der Waals surface area contributed by atoms with Gasteiger partial charge in [0.1, 0.15) is 0 Å². The Hall–Kier alpha value is -2.59. The van der Waals surface area contributed by atoms with Crippen LogP contribution in [0.5, 0.6) is 0 Å². The number of nitrogens with zero attached hydrogens (tertiary/aromatic N) is 2. The molecule has 4 nitrogen and oxygen atoms in total. The van der Waals surface area contributed by atoms with Gasteiger partial charge in [0.2, 0.25) is 0 Å². The monoisotopic (exact) mass is 387 g/mol. The molecule has 0 unspecified atom stereocenters. The van der Waals surface area contributed by atoms with Crippen LogP contribution in [-0.2, 0) is 6.54 Å². The molecule has 150 valence electrons. The third-order valence-corrected chi connectivity index (χ3v) is 6.55. The minimum Gasteiger partial charge on any atom is -0.358 e. The van der Waals surface area contributed by atoms with Crippen molar-refractivity contribution in [2.45, 2.75) is 38.1 Å². The summed E-state index contributed by atoms with van der Waals surface area (Å²) in [6.07, 6.45) is 4.63. The number of benzene rings is 2. The van der Waals surface area contributed by atoms with Crippen LogP contribution in [0, 0.1) is 0 Å². The van der Waals surface area contributed by atoms with Gasteiger partial charge in [0.25, 0.3) is 5.91 Å². The molecule has 2 saturated heterocycles. The summed E-state index contributed by atoms with van der Waals surface area (Å²) in [5, 5.41) is 1.27. The number of H-pyrrole nitrogens is 1. The molecule has 5 rings (SSSR count). The van der Waals surface area contributed by atoms with E-state index in [1.165, 1.54) is 48.1 Å². The molecule has 4 heteroatoms. The smallest absolute Gasteiger partial charge is 0.253 e. The van der Waals surface area contributed by atoms with E-state index in [1.807, 2.05) is 17.0 Å². The van der Waals surface area contributed by atoms with Crippen LogP contribution in [0.2, 0.25) is 0 Å². The second-order valence-corrected chi connectivity index (χ2v) is 8.56. The maximum atomic E-state index is 13.1. The Kier molecular flexibility index (Phi) is 5.11. The van der Waals surface area contributed by atoms with Crippen molar-refractivity contribution < 1.29 is 4.79 Å². The van der Waals surface area contributed by atoms with Gasteiger partial charge < -0.3 is 9.88 Å². The van der Waals surface area contributed by atoms with Gasteiger partial charge in [0, 0.05) is 42.3 Å². The predicted molar refractivity (Wildman–Crippen MR) is 117 cm³/mol. The van der Waals surface area contributed by atoms with E-state index >= 15 is 0 Å². The number of nitrogens with one attached hydrogen (secondary N) is 1. The molecule has 0 aliphatic carbocycles. The van der Waals surface area contributed by atoms with E-state index in [9.17, 15) is 4.79 Å². The van der Waals surface area contributed by atoms with Crippen molar-refractivity contribution >= 4 is 16.8 Å². The van der Waals surface area contributed by atoms with Crippen LogP contribution in [0.3, 0.4) is 0 Å². The Morgan fingerprint density at radius 3 is 2.52 bits per heavy atom. The summed E-state index contributed by atoms with van der Waals surface area (Å²) in [5.74, 6) is 0.691. The van der Waals surface area contributed by atoms with E-state index in [1.54, 1.807) is 0 Å². The maximum Gasteiger partial charge on any atom is 0.253 e. The normalized spacial score (nSPS) is 18.6. The Morgan fingerprint density at radius 2 is 1.72 bits per heavy atom. The number of para-hydroxylation sites is 1. The highest BCUT2D eigenvalue weighted by Gasteiger charge is 2.25. The number of fused-ring (bicyclic) bond motifs is 1. The standard InChI is InChI=1S/C25H29N3O/c29-25(22-8-5-6-19(16-22)18-27-12-3-4-13-27)28-14-10-20(11-15-28)24-17-21-7-1-2-9-23(21)26-24/h1-2,5-9,16-17,20,26H,3-4,10-15,18H2. The Labute approximate surface area is 172 Å². The number of amides is 1. The highest BCUT2D eigenvalue weighted by atomic mass is 16.2. The largest absolute Gasteiger partial charge is 0.358 e. The first-order valence-electron chi connectivity index (χ1n) is 10.9. The van der Waals surface area contributed by atoms with Gasteiger partial charge in [-0.25, -0.2) is 0 Å². The van der Waals surface area contributed by atoms with Crippen molar-refractivity contribution in [2.75, 3.05) is 26.2 Å². The summed E-state index contributed by atoms with van der Waals surface area (Å²) < 4.78 is 0. The number of carbonyl (C=O) groups is 1. The van der Waals surface area contributed by atoms with Crippen LogP contribution in [-0.4, -0.2) is 46.9 Å². The fourth-order valence-corrected chi connectivity index (χ4v) is 4.89. The first kappa shape index (κ1) is 18.4. The summed E-state index contributed by atoms with van der Waals surface area (Å²) in [6.45, 7) is 4.98. The number of rotatable bonds is 4. The summed E-state index contributed by atoms with van der Waals surface area (Å²) >= 11 is 0. The van der Waals surface area contributed by atoms with Crippen LogP contribution in [0.15, 0.2) is 54.6 Å². The van der Waals surface area contributed by atoms with Crippen molar-refractivity contribution in [3.63, 3.8) is 0 Å². The van der Waals surface area contributed by atoms with Gasteiger partial charge in [0.15, 0.2) is 0 Å². The van der Waals surface area contributed by atoms with Gasteiger partial charge >= 0.3 is 0 Å². The average molecular weight is 388 g/mol. The lowest BCUT2D eigenvalue weighted by Crippen LogP contribution is -2.38. The molecule has 3 heterocycles. The zero-order chi connectivity index (χ0) is 19.6. The molecule has 2 aliphatic heterocycles. The molecule has 2 aliphatic rings. The topological polar surface area (TPSA) is 39.3 Å². The Bertz CT molecular complexity index is 961. The van der Waals surface area contributed by atoms with E-state index in [0.29, 0.717) is 5.92 Å². The summed E-state index contributed by atoms with van der Waals surface area (Å²) in [4.78, 5) is 21.2. The van der Waals surface area contributed by atoms with Gasteiger partial charge in [-0.3, -0.25) is 9.69 Å². The van der Waals surface area contributed by atoms with Crippen LogP contribution in [0.1, 0.15) is 53.2 Å². The number of hydrogen-bond acceptors (Lipinski definition) is 2. The minimum atomic E-state index is 0.184. The molecule has 0 atom stereocenters. The molecule has 0 spiro atoms. The van der Waals surface area contributed by atoms with Crippen LogP contribution in [0.25, 0.3) is 10.9 Å². The summed E-state index contributed by atoms with van der Waals surface area (Å²) in [6, 6.07) is 19.0. The van der Waals surface area contributed by atoms with Gasteiger partial charge in [-0.15, -0.1) is 0 Å². The molecule has 2 aromatic carbocycles. The summed E-state index contributed by atoms with van der Waals surface area (Å²) in [5.41, 5.74) is 4.61. The lowest BCUT2D eigenvalue weighted by molar-refractivity contribution is 0.0712. The van der Waals surface area contributed by atoms with Crippen molar-refractivity contribution in [2.24, 2.45) is 0 Å². The number of aromatic amines is 1. The number of piperidine rings is 1. The zero-order valence-corrected chi connectivity index (χ0v) is 16.9. The van der Waals surface area contributed by atoms with Gasteiger partial charge in [0.05, 0.1) is 0 Å². The van der Waals surface area contributed by atoms with Crippen molar-refractivity contribution in [3.8, 4) is 0 Å². The predicted octanol–water partition coefficient (Wildman–Crippen LogP) is 4.78. The Morgan fingerprint density at radius 1 is 0.931 bits per heavy atom. The number of likely N-dealkylation sites (tertiary alicyclic amines) is 2. The van der Waals surface area contributed by atoms with Gasteiger partial charge in [-0.05, 0) is 74.0 Å². The first-order chi connectivity index (χ1) is 14.3. The zero-order valence-electron chi connectivity index (χ0n) is 16.9. The fraction of sp³-hybridized carbons (Fsp3) is 0.400. The summed E-state index contributed by atoms with van der Waals surface area (Å²) in [7, 11) is 0. The van der Waals surface area contributed by atoms with E-state index in [0.717, 1.165) is 38.0 Å². The quantitative estimate of drug-likeness (QED) is 0.699. The Balaban J connectivity index is 1.23. The third-order valence-electron chi connectivity index (χ3n) is 6.55. The van der Waals surface area contributed by atoms with Crippen molar-refractivity contribution in [1.29, 1.82) is 0 Å². The van der Waals surface area contributed by atoms with E-state index in [2.05, 4.69) is 52.3 Å². The van der Waals surface area contributed by atoms with E-state index in [-0.39, 0.29) is 5.91 Å². The third kappa shape index (κ3) is 3.95. The van der Waals surface area contributed by atoms with Crippen LogP contribution < -0.4 is 0 Å². The molecule has 0 bridgehead atoms. The second kappa shape index (κ2) is 8.03. The highest BCUT2D eigenvalue weighted by Crippen LogP contribution is 2.30. The van der Waals surface area contributed by atoms with Crippen molar-refractivity contribution in [3.05, 3.63) is 71.4 Å². The molecule has 1 N–H and O–H groups in total. The average Bonchev–Trinajstić information content (AvgIpc) is 3.43. The van der Waals surface area contributed by atoms with Crippen LogP contribution in [0.4, 0.5) is 0 Å². The molecule has 29 heavy (non-hydrogen) atoms. The SMILES string of the molecule is O=C(c1cccc(CN2CCCC2)c1)N1CCC(c2cc3ccccc3[nH]2)CC1. The molecule has 3 aromatic rings. The van der Waals surface area contributed by atoms with Crippen LogP contribution >= 0.6 is 0 Å².